The molecule has 0 saturated heterocycles. The first-order valence-electron chi connectivity index (χ1n) is 15.3. The summed E-state index contributed by atoms with van der Waals surface area (Å²) < 4.78 is 5.11. The zero-order valence-electron chi connectivity index (χ0n) is 27.7. The number of carbonyl (C=O) groups excluding carboxylic acids is 6. The lowest BCUT2D eigenvalue weighted by molar-refractivity contribution is -0.384. The van der Waals surface area contributed by atoms with Crippen LogP contribution in [0.15, 0.2) is 54.6 Å². The molecule has 260 valence electrons. The maximum Gasteiger partial charge on any atom is 0.408 e. The molecule has 0 saturated carbocycles. The summed E-state index contributed by atoms with van der Waals surface area (Å²) in [6.45, 7) is 9.35. The molecule has 0 aromatic heterocycles. The zero-order valence-corrected chi connectivity index (χ0v) is 27.7. The van der Waals surface area contributed by atoms with Gasteiger partial charge in [0.05, 0.1) is 4.92 Å². The van der Waals surface area contributed by atoms with Crippen LogP contribution in [0, 0.1) is 16.0 Å². The molecule has 16 nitrogen and oxygen atoms in total. The van der Waals surface area contributed by atoms with Crippen molar-refractivity contribution in [1.29, 1.82) is 0 Å². The van der Waals surface area contributed by atoms with Gasteiger partial charge in [0.1, 0.15) is 36.8 Å². The van der Waals surface area contributed by atoms with E-state index in [1.54, 1.807) is 24.3 Å². The second-order valence-electron chi connectivity index (χ2n) is 11.6. The molecule has 48 heavy (non-hydrogen) atoms. The summed E-state index contributed by atoms with van der Waals surface area (Å²) in [7, 11) is 0. The summed E-state index contributed by atoms with van der Waals surface area (Å²) in [6, 6.07) is 8.84. The standard InChI is InChI=1S/C32H43N7O9/c1-18(2)16-26(38-30(43)21(5)34-28(41)22(6)36-32(45)48-17-23-10-8-7-9-11-23)31(44)35-19(3)27(40)33-20(4)29(42)37-24-12-14-25(15-13-24)39(46)47/h7-15,18-22,26H,16-17H2,1-6H3,(H,33,40)(H,34,41)(H,35,44)(H,36,45)(H,37,42)(H,38,43)/t19-,20-,21-,22-,26-/m0/s1. The van der Waals surface area contributed by atoms with Crippen LogP contribution in [0.3, 0.4) is 0 Å². The van der Waals surface area contributed by atoms with Gasteiger partial charge in [-0.05, 0) is 57.7 Å². The molecule has 0 unspecified atom stereocenters. The van der Waals surface area contributed by atoms with Gasteiger partial charge in [-0.1, -0.05) is 44.2 Å². The Bertz CT molecular complexity index is 1450. The second-order valence-corrected chi connectivity index (χ2v) is 11.6. The molecule has 0 aliphatic rings. The highest BCUT2D eigenvalue weighted by atomic mass is 16.6. The average molecular weight is 670 g/mol. The third kappa shape index (κ3) is 13.1. The number of nitrogens with zero attached hydrogens (tertiary/aromatic N) is 1. The van der Waals surface area contributed by atoms with Gasteiger partial charge in [0.25, 0.3) is 5.69 Å². The molecule has 0 heterocycles. The molecular weight excluding hydrogens is 626 g/mol. The molecule has 5 atom stereocenters. The molecular formula is C32H43N7O9. The van der Waals surface area contributed by atoms with Gasteiger partial charge in [-0.2, -0.15) is 0 Å². The van der Waals surface area contributed by atoms with Gasteiger partial charge >= 0.3 is 6.09 Å². The van der Waals surface area contributed by atoms with E-state index < -0.39 is 70.8 Å². The molecule has 0 aliphatic carbocycles. The van der Waals surface area contributed by atoms with Crippen LogP contribution in [0.5, 0.6) is 0 Å². The van der Waals surface area contributed by atoms with Crippen LogP contribution in [0.1, 0.15) is 53.5 Å². The summed E-state index contributed by atoms with van der Waals surface area (Å²) in [5.74, 6) is -3.28. The summed E-state index contributed by atoms with van der Waals surface area (Å²) in [5, 5.41) is 25.9. The Morgan fingerprint density at radius 2 is 1.12 bits per heavy atom. The normalized spacial score (nSPS) is 13.8. The van der Waals surface area contributed by atoms with Gasteiger partial charge in [0, 0.05) is 17.8 Å². The summed E-state index contributed by atoms with van der Waals surface area (Å²) in [4.78, 5) is 86.3. The number of hydrogen-bond donors (Lipinski definition) is 6. The quantitative estimate of drug-likeness (QED) is 0.113. The van der Waals surface area contributed by atoms with Crippen LogP contribution >= 0.6 is 0 Å². The maximum atomic E-state index is 13.1. The second kappa shape index (κ2) is 18.6. The Balaban J connectivity index is 1.87. The first kappa shape index (κ1) is 38.6. The van der Waals surface area contributed by atoms with E-state index in [2.05, 4.69) is 31.9 Å². The molecule has 0 aliphatic heterocycles. The lowest BCUT2D eigenvalue weighted by atomic mass is 10.0. The molecule has 6 N–H and O–H groups in total. The number of nitro benzene ring substituents is 1. The number of nitrogens with one attached hydrogen (secondary N) is 6. The highest BCUT2D eigenvalue weighted by Gasteiger charge is 2.29. The Hall–Kier alpha value is -5.54. The van der Waals surface area contributed by atoms with E-state index in [0.29, 0.717) is 0 Å². The van der Waals surface area contributed by atoms with E-state index in [1.165, 1.54) is 52.0 Å². The van der Waals surface area contributed by atoms with Crippen LogP contribution in [0.25, 0.3) is 0 Å². The fourth-order valence-electron chi connectivity index (χ4n) is 4.11. The molecule has 16 heteroatoms. The summed E-state index contributed by atoms with van der Waals surface area (Å²) in [5.41, 5.74) is 0.910. The Morgan fingerprint density at radius 1 is 0.646 bits per heavy atom. The number of alkyl carbamates (subject to hydrolysis) is 1. The van der Waals surface area contributed by atoms with Crippen LogP contribution < -0.4 is 31.9 Å². The zero-order chi connectivity index (χ0) is 36.0. The molecule has 2 aromatic rings. The summed E-state index contributed by atoms with van der Waals surface area (Å²) in [6.07, 6.45) is -0.601. The van der Waals surface area contributed by atoms with E-state index in [4.69, 9.17) is 4.74 Å². The minimum Gasteiger partial charge on any atom is -0.445 e. The van der Waals surface area contributed by atoms with E-state index >= 15 is 0 Å². The number of benzene rings is 2. The Morgan fingerprint density at radius 3 is 1.65 bits per heavy atom. The van der Waals surface area contributed by atoms with E-state index in [0.717, 1.165) is 5.56 Å². The van der Waals surface area contributed by atoms with Crippen LogP contribution in [0.2, 0.25) is 0 Å². The first-order chi connectivity index (χ1) is 22.6. The minimum atomic E-state index is -1.09. The first-order valence-corrected chi connectivity index (χ1v) is 15.3. The Kier molecular flexibility index (Phi) is 14.9. The smallest absolute Gasteiger partial charge is 0.408 e. The topological polar surface area (TPSA) is 227 Å². The van der Waals surface area contributed by atoms with Gasteiger partial charge < -0.3 is 36.6 Å². The average Bonchev–Trinajstić information content (AvgIpc) is 3.03. The van der Waals surface area contributed by atoms with Gasteiger partial charge in [0.15, 0.2) is 0 Å². The van der Waals surface area contributed by atoms with Gasteiger partial charge in [-0.25, -0.2) is 4.79 Å². The van der Waals surface area contributed by atoms with Crippen LogP contribution in [0.4, 0.5) is 16.2 Å². The number of anilines is 1. The van der Waals surface area contributed by atoms with E-state index in [9.17, 15) is 38.9 Å². The largest absolute Gasteiger partial charge is 0.445 e. The molecule has 0 radical (unpaired) electrons. The number of hydrogen-bond acceptors (Lipinski definition) is 9. The molecule has 0 spiro atoms. The van der Waals surface area contributed by atoms with Crippen molar-refractivity contribution >= 4 is 47.0 Å². The lowest BCUT2D eigenvalue weighted by Crippen LogP contribution is -2.57. The predicted octanol–water partition coefficient (Wildman–Crippen LogP) is 1.89. The predicted molar refractivity (Wildman–Crippen MR) is 175 cm³/mol. The van der Waals surface area contributed by atoms with Gasteiger partial charge in [0.2, 0.25) is 29.5 Å². The molecule has 6 amide bonds. The Labute approximate surface area is 278 Å². The lowest BCUT2D eigenvalue weighted by Gasteiger charge is -2.25. The maximum absolute atomic E-state index is 13.1. The number of non-ortho nitro benzene ring substituents is 1. The number of nitro groups is 1. The van der Waals surface area contributed by atoms with Crippen molar-refractivity contribution in [2.24, 2.45) is 5.92 Å². The highest BCUT2D eigenvalue weighted by molar-refractivity contribution is 5.99. The van der Waals surface area contributed by atoms with Crippen molar-refractivity contribution in [2.75, 3.05) is 5.32 Å². The van der Waals surface area contributed by atoms with Gasteiger partial charge in [-0.15, -0.1) is 0 Å². The van der Waals surface area contributed by atoms with Crippen molar-refractivity contribution < 1.29 is 38.4 Å². The highest BCUT2D eigenvalue weighted by Crippen LogP contribution is 2.15. The number of carbonyl (C=O) groups is 6. The monoisotopic (exact) mass is 669 g/mol. The van der Waals surface area contributed by atoms with Gasteiger partial charge in [-0.3, -0.25) is 34.1 Å². The van der Waals surface area contributed by atoms with E-state index in [1.807, 2.05) is 19.9 Å². The molecule has 0 bridgehead atoms. The van der Waals surface area contributed by atoms with Crippen molar-refractivity contribution in [3.05, 3.63) is 70.3 Å². The minimum absolute atomic E-state index is 0.0119. The van der Waals surface area contributed by atoms with E-state index in [-0.39, 0.29) is 30.3 Å². The van der Waals surface area contributed by atoms with Crippen LogP contribution in [-0.4, -0.2) is 70.8 Å². The number of ether oxygens (including phenoxy) is 1. The number of rotatable bonds is 16. The third-order valence-electron chi connectivity index (χ3n) is 6.88. The van der Waals surface area contributed by atoms with Crippen molar-refractivity contribution in [2.45, 2.75) is 84.8 Å². The van der Waals surface area contributed by atoms with Crippen molar-refractivity contribution in [1.82, 2.24) is 26.6 Å². The molecule has 2 aromatic carbocycles. The van der Waals surface area contributed by atoms with Crippen molar-refractivity contribution in [3.63, 3.8) is 0 Å². The fourth-order valence-corrected chi connectivity index (χ4v) is 4.11. The SMILES string of the molecule is CC(C)C[C@H](NC(=O)[C@H](C)NC(=O)[C@H](C)NC(=O)OCc1ccccc1)C(=O)N[C@@H](C)C(=O)N[C@@H](C)C(=O)Nc1ccc([N+](=O)[O-])cc1. The number of amides is 6. The van der Waals surface area contributed by atoms with Crippen molar-refractivity contribution in [3.8, 4) is 0 Å². The molecule has 0 fully saturated rings. The summed E-state index contributed by atoms with van der Waals surface area (Å²) >= 11 is 0. The molecule has 2 rings (SSSR count). The third-order valence-corrected chi connectivity index (χ3v) is 6.88. The van der Waals surface area contributed by atoms with Crippen LogP contribution in [-0.2, 0) is 35.3 Å². The fraction of sp³-hybridized carbons (Fsp3) is 0.438.